The number of carbonyl (C=O) groups is 9. The molecule has 2 heterocycles. The Morgan fingerprint density at radius 1 is 0.743 bits per heavy atom. The summed E-state index contributed by atoms with van der Waals surface area (Å²) in [4.78, 5) is 135. The van der Waals surface area contributed by atoms with Crippen LogP contribution in [0.5, 0.6) is 0 Å². The lowest BCUT2D eigenvalue weighted by molar-refractivity contribution is -0.142. The molecule has 26 nitrogen and oxygen atoms in total. The molecule has 402 valence electrons. The maximum atomic E-state index is 14.5. The van der Waals surface area contributed by atoms with E-state index >= 15 is 0 Å². The Kier molecular flexibility index (Phi) is 23.1. The lowest BCUT2D eigenvalue weighted by atomic mass is 10.0. The molecule has 3 aromatic rings. The zero-order valence-corrected chi connectivity index (χ0v) is 41.5. The van der Waals surface area contributed by atoms with Gasteiger partial charge in [0.2, 0.25) is 47.3 Å². The van der Waals surface area contributed by atoms with Crippen LogP contribution in [0.3, 0.4) is 0 Å². The van der Waals surface area contributed by atoms with Gasteiger partial charge in [0.15, 0.2) is 11.9 Å². The van der Waals surface area contributed by atoms with Crippen LogP contribution in [0.4, 0.5) is 0 Å². The number of H-pyrrole nitrogens is 1. The highest BCUT2D eigenvalue weighted by Crippen LogP contribution is 2.20. The van der Waals surface area contributed by atoms with E-state index in [1.807, 2.05) is 18.2 Å². The van der Waals surface area contributed by atoms with Crippen LogP contribution in [-0.2, 0) is 56.0 Å². The van der Waals surface area contributed by atoms with Gasteiger partial charge in [-0.1, -0.05) is 48.5 Å². The van der Waals surface area contributed by atoms with E-state index in [-0.39, 0.29) is 89.3 Å². The van der Waals surface area contributed by atoms with Crippen molar-refractivity contribution >= 4 is 76.0 Å². The summed E-state index contributed by atoms with van der Waals surface area (Å²) in [6.45, 7) is 2.70. The number of aromatic nitrogens is 1. The van der Waals surface area contributed by atoms with Gasteiger partial charge in [0.25, 0.3) is 0 Å². The van der Waals surface area contributed by atoms with Crippen molar-refractivity contribution in [3.05, 3.63) is 71.9 Å². The number of aliphatic carboxylic acids is 1. The van der Waals surface area contributed by atoms with Gasteiger partial charge in [-0.05, 0) is 69.1 Å². The number of hydrogen-bond acceptors (Lipinski definition) is 12. The van der Waals surface area contributed by atoms with Crippen molar-refractivity contribution < 1.29 is 48.3 Å². The molecule has 0 aliphatic carbocycles. The Morgan fingerprint density at radius 2 is 1.35 bits per heavy atom. The van der Waals surface area contributed by atoms with Crippen LogP contribution in [-0.4, -0.2) is 143 Å². The normalized spacial score (nSPS) is 21.7. The quantitative estimate of drug-likeness (QED) is 0.0356. The lowest BCUT2D eigenvalue weighted by Crippen LogP contribution is -2.63. The number of aromatic amines is 1. The van der Waals surface area contributed by atoms with E-state index in [1.165, 1.54) is 13.8 Å². The van der Waals surface area contributed by atoms with Crippen LogP contribution in [0.2, 0.25) is 0 Å². The van der Waals surface area contributed by atoms with E-state index in [9.17, 15) is 48.3 Å². The molecule has 0 saturated carbocycles. The Bertz CT molecular complexity index is 2490. The van der Waals surface area contributed by atoms with Gasteiger partial charge in [-0.3, -0.25) is 48.3 Å². The average molecular weight is 1030 g/mol. The molecule has 26 heteroatoms. The topological polar surface area (TPSA) is 441 Å². The number of hydrogen-bond donors (Lipinski definition) is 15. The molecule has 0 bridgehead atoms. The van der Waals surface area contributed by atoms with Gasteiger partial charge in [0, 0.05) is 62.5 Å². The molecule has 8 atom stereocenters. The molecule has 74 heavy (non-hydrogen) atoms. The number of carbonyl (C=O) groups excluding carboxylic acids is 8. The van der Waals surface area contributed by atoms with Crippen LogP contribution in [0.1, 0.15) is 76.3 Å². The summed E-state index contributed by atoms with van der Waals surface area (Å²) in [6, 6.07) is 4.47. The van der Waals surface area contributed by atoms with Gasteiger partial charge in [0.05, 0.1) is 6.42 Å². The van der Waals surface area contributed by atoms with Crippen LogP contribution in [0.25, 0.3) is 10.9 Å². The number of fused-ring (bicyclic) bond motifs is 1. The largest absolute Gasteiger partial charge is 0.480 e. The minimum Gasteiger partial charge on any atom is -0.480 e. The second-order valence-electron chi connectivity index (χ2n) is 17.9. The Balaban J connectivity index is 1.76. The zero-order valence-electron chi connectivity index (χ0n) is 41.5. The first-order valence-electron chi connectivity index (χ1n) is 24.3. The molecule has 1 aromatic heterocycles. The number of amides is 8. The van der Waals surface area contributed by atoms with E-state index in [4.69, 9.17) is 28.7 Å². The zero-order chi connectivity index (χ0) is 54.3. The number of aliphatic imine (C=N–C) groups is 2. The van der Waals surface area contributed by atoms with Gasteiger partial charge in [-0.15, -0.1) is 0 Å². The number of nitrogens with zero attached hydrogens (tertiary/aromatic N) is 2. The van der Waals surface area contributed by atoms with Crippen LogP contribution >= 0.6 is 0 Å². The summed E-state index contributed by atoms with van der Waals surface area (Å²) >= 11 is 0. The Labute approximate surface area is 427 Å². The number of rotatable bonds is 17. The number of carboxylic acids is 1. The van der Waals surface area contributed by atoms with Gasteiger partial charge < -0.3 is 81.3 Å². The third kappa shape index (κ3) is 19.4. The van der Waals surface area contributed by atoms with Crippen LogP contribution in [0.15, 0.2) is 70.8 Å². The molecular formula is C48H70N16O10. The molecule has 1 aliphatic rings. The predicted molar refractivity (Wildman–Crippen MR) is 274 cm³/mol. The summed E-state index contributed by atoms with van der Waals surface area (Å²) in [5.41, 5.74) is 30.2. The first kappa shape index (κ1) is 58.3. The number of para-hydroxylation sites is 1. The molecule has 20 N–H and O–H groups in total. The minimum absolute atomic E-state index is 0.0137. The highest BCUT2D eigenvalue weighted by Gasteiger charge is 2.36. The fourth-order valence-corrected chi connectivity index (χ4v) is 8.04. The van der Waals surface area contributed by atoms with Crippen LogP contribution < -0.4 is 71.2 Å². The Hall–Kier alpha value is -8.29. The van der Waals surface area contributed by atoms with Crippen molar-refractivity contribution in [1.82, 2.24) is 47.5 Å². The van der Waals surface area contributed by atoms with Crippen molar-refractivity contribution in [2.45, 2.75) is 126 Å². The number of nitrogens with two attached hydrogens (primary N) is 5. The molecule has 1 unspecified atom stereocenters. The molecule has 0 spiro atoms. The molecular weight excluding hydrogens is 961 g/mol. The first-order valence-corrected chi connectivity index (χ1v) is 24.3. The molecule has 0 radical (unpaired) electrons. The molecule has 4 rings (SSSR count). The van der Waals surface area contributed by atoms with Gasteiger partial charge in [-0.2, -0.15) is 0 Å². The third-order valence-electron chi connectivity index (χ3n) is 11.8. The maximum absolute atomic E-state index is 14.5. The SMILES string of the molecule is CC(=O)N[C@@H](CCCN=C(N)N)C(=O)N[C@H]1CC(=O)NCCCC[C@@H](C(=O)O)NC(=O)[C@H](Cc2c[nH]c3ccccc23)NC(=O)[C@H](CCCN=C(N)N)NC(=O)[C@@H](Cc2ccccc2)NC(=O)[C@H](C(C)N)NC1=O. The summed E-state index contributed by atoms with van der Waals surface area (Å²) in [5.74, 6) is -8.49. The molecule has 1 aliphatic heterocycles. The van der Waals surface area contributed by atoms with Crippen LogP contribution in [0, 0.1) is 0 Å². The fraction of sp³-hybridized carbons (Fsp3) is 0.479. The van der Waals surface area contributed by atoms with E-state index in [0.717, 1.165) is 10.9 Å². The minimum atomic E-state index is -1.67. The van der Waals surface area contributed by atoms with E-state index < -0.39 is 108 Å². The van der Waals surface area contributed by atoms with E-state index in [0.29, 0.717) is 11.1 Å². The predicted octanol–water partition coefficient (Wildman–Crippen LogP) is -3.40. The smallest absolute Gasteiger partial charge is 0.326 e. The summed E-state index contributed by atoms with van der Waals surface area (Å²) in [6.07, 6.45) is 1.28. The number of carboxylic acid groups (broad SMARTS) is 1. The van der Waals surface area contributed by atoms with Gasteiger partial charge >= 0.3 is 5.97 Å². The van der Waals surface area contributed by atoms with Crippen molar-refractivity contribution in [2.24, 2.45) is 38.7 Å². The summed E-state index contributed by atoms with van der Waals surface area (Å²) in [7, 11) is 0. The number of benzene rings is 2. The summed E-state index contributed by atoms with van der Waals surface area (Å²) < 4.78 is 0. The second kappa shape index (κ2) is 29.3. The summed E-state index contributed by atoms with van der Waals surface area (Å²) in [5, 5.41) is 31.8. The highest BCUT2D eigenvalue weighted by atomic mass is 16.4. The lowest BCUT2D eigenvalue weighted by Gasteiger charge is -2.29. The van der Waals surface area contributed by atoms with Gasteiger partial charge in [-0.25, -0.2) is 4.79 Å². The maximum Gasteiger partial charge on any atom is 0.326 e. The standard InChI is InChI=1S/C48H70N16O10/c1-26(49)39-45(72)63-35(22-28-12-4-3-5-13-28)42(69)59-33(18-11-21-56-48(52)53)41(68)61-36(23-29-25-57-31-15-7-6-14-30(29)31)43(70)60-34(46(73)74)16-8-9-19-54-38(66)24-37(44(71)64-39)62-40(67)32(58-27(2)65)17-10-20-55-47(50)51/h3-7,12-15,25-26,32-37,39,57H,8-11,16-24,49H2,1-2H3,(H,54,66)(H,58,65)(H,59,69)(H,60,70)(H,61,68)(H,62,67)(H,63,72)(H,64,71)(H,73,74)(H4,50,51,55)(H4,52,53,56)/t26?,32-,33-,34-,35+,36-,37-,39-/m0/s1. The highest BCUT2D eigenvalue weighted by molar-refractivity contribution is 5.99. The molecule has 1 saturated heterocycles. The second-order valence-corrected chi connectivity index (χ2v) is 17.9. The fourth-order valence-electron chi connectivity index (χ4n) is 8.04. The molecule has 8 amide bonds. The van der Waals surface area contributed by atoms with Gasteiger partial charge in [0.1, 0.15) is 42.3 Å². The number of nitrogens with one attached hydrogen (secondary N) is 9. The molecule has 2 aromatic carbocycles. The number of guanidine groups is 2. The van der Waals surface area contributed by atoms with E-state index in [2.05, 4.69) is 57.5 Å². The van der Waals surface area contributed by atoms with Crippen molar-refractivity contribution in [3.8, 4) is 0 Å². The third-order valence-corrected chi connectivity index (χ3v) is 11.8. The van der Waals surface area contributed by atoms with E-state index in [1.54, 1.807) is 42.6 Å². The monoisotopic (exact) mass is 1030 g/mol. The van der Waals surface area contributed by atoms with Crippen molar-refractivity contribution in [1.29, 1.82) is 0 Å². The van der Waals surface area contributed by atoms with Crippen molar-refractivity contribution in [3.63, 3.8) is 0 Å². The Morgan fingerprint density at radius 3 is 2.01 bits per heavy atom. The first-order chi connectivity index (χ1) is 35.2. The van der Waals surface area contributed by atoms with Crippen molar-refractivity contribution in [2.75, 3.05) is 19.6 Å². The molecule has 1 fully saturated rings. The average Bonchev–Trinajstić information content (AvgIpc) is 3.75.